The van der Waals surface area contributed by atoms with Gasteiger partial charge in [-0.05, 0) is 36.1 Å². The van der Waals surface area contributed by atoms with Crippen molar-refractivity contribution in [2.45, 2.75) is 24.4 Å². The Bertz CT molecular complexity index is 902. The molecule has 3 heterocycles. The lowest BCUT2D eigenvalue weighted by atomic mass is 9.80. The van der Waals surface area contributed by atoms with Crippen LogP contribution in [0.4, 0.5) is 10.5 Å². The van der Waals surface area contributed by atoms with Crippen molar-refractivity contribution in [1.82, 2.24) is 15.2 Å². The van der Waals surface area contributed by atoms with Crippen LogP contribution in [0, 0.1) is 0 Å². The summed E-state index contributed by atoms with van der Waals surface area (Å²) in [5, 5.41) is 2.98. The standard InChI is InChI=1S/C22H26N4O3/c1-25(2)21(28)26-14-22(17-7-3-4-8-18(17)26)12-19(29-15-22)20(27)24-11-9-16-6-5-10-23-13-16/h3-8,10,13,19H,9,11-12,14-15H2,1-2H3,(H,24,27)/t19-,22-/m1/s1. The van der Waals surface area contributed by atoms with Crippen molar-refractivity contribution in [3.63, 3.8) is 0 Å². The Labute approximate surface area is 170 Å². The smallest absolute Gasteiger partial charge is 0.323 e. The molecule has 7 heteroatoms. The molecular formula is C22H26N4O3. The molecule has 0 aliphatic carbocycles. The maximum Gasteiger partial charge on any atom is 0.323 e. The number of fused-ring (bicyclic) bond motifs is 2. The summed E-state index contributed by atoms with van der Waals surface area (Å²) >= 11 is 0. The van der Waals surface area contributed by atoms with E-state index in [0.29, 0.717) is 26.1 Å². The minimum absolute atomic E-state index is 0.0568. The average molecular weight is 394 g/mol. The number of hydrogen-bond acceptors (Lipinski definition) is 4. The van der Waals surface area contributed by atoms with Crippen molar-refractivity contribution in [2.75, 3.05) is 38.7 Å². The summed E-state index contributed by atoms with van der Waals surface area (Å²) in [4.78, 5) is 32.8. The second kappa shape index (κ2) is 7.83. The van der Waals surface area contributed by atoms with Gasteiger partial charge in [0.05, 0.1) is 6.61 Å². The second-order valence-corrected chi connectivity index (χ2v) is 7.97. The molecule has 1 aromatic heterocycles. The molecule has 3 amide bonds. The van der Waals surface area contributed by atoms with E-state index in [4.69, 9.17) is 4.74 Å². The first-order chi connectivity index (χ1) is 14.0. The Morgan fingerprint density at radius 2 is 2.10 bits per heavy atom. The number of para-hydroxylation sites is 1. The molecule has 1 N–H and O–H groups in total. The van der Waals surface area contributed by atoms with Gasteiger partial charge in [-0.3, -0.25) is 14.7 Å². The topological polar surface area (TPSA) is 74.8 Å². The lowest BCUT2D eigenvalue weighted by molar-refractivity contribution is -0.129. The van der Waals surface area contributed by atoms with Crippen LogP contribution < -0.4 is 10.2 Å². The van der Waals surface area contributed by atoms with Gasteiger partial charge in [-0.25, -0.2) is 4.79 Å². The van der Waals surface area contributed by atoms with Gasteiger partial charge in [-0.15, -0.1) is 0 Å². The zero-order valence-corrected chi connectivity index (χ0v) is 16.8. The van der Waals surface area contributed by atoms with Crippen molar-refractivity contribution >= 4 is 17.6 Å². The van der Waals surface area contributed by atoms with E-state index in [1.807, 2.05) is 36.4 Å². The molecule has 1 spiro atoms. The highest BCUT2D eigenvalue weighted by molar-refractivity contribution is 5.95. The Kier molecular flexibility index (Phi) is 5.24. The quantitative estimate of drug-likeness (QED) is 0.860. The third-order valence-electron chi connectivity index (χ3n) is 5.71. The maximum absolute atomic E-state index is 12.7. The number of carbonyl (C=O) groups excluding carboxylic acids is 2. The normalized spacial score (nSPS) is 22.6. The van der Waals surface area contributed by atoms with E-state index in [1.54, 1.807) is 36.3 Å². The SMILES string of the molecule is CN(C)C(=O)N1C[C@]2(CO[C@@H](C(=O)NCCc3cccnc3)C2)c2ccccc21. The number of ether oxygens (including phenoxy) is 1. The van der Waals surface area contributed by atoms with Gasteiger partial charge < -0.3 is 15.0 Å². The van der Waals surface area contributed by atoms with Crippen LogP contribution in [0.3, 0.4) is 0 Å². The summed E-state index contributed by atoms with van der Waals surface area (Å²) in [5.41, 5.74) is 2.74. The summed E-state index contributed by atoms with van der Waals surface area (Å²) < 4.78 is 5.92. The van der Waals surface area contributed by atoms with Crippen LogP contribution in [-0.2, 0) is 21.4 Å². The Hall–Kier alpha value is -2.93. The van der Waals surface area contributed by atoms with Crippen molar-refractivity contribution in [3.8, 4) is 0 Å². The minimum Gasteiger partial charge on any atom is -0.367 e. The Morgan fingerprint density at radius 1 is 1.28 bits per heavy atom. The molecule has 2 aliphatic heterocycles. The molecule has 0 saturated carbocycles. The molecule has 0 radical (unpaired) electrons. The molecule has 2 aromatic rings. The number of benzene rings is 1. The van der Waals surface area contributed by atoms with Crippen molar-refractivity contribution < 1.29 is 14.3 Å². The minimum atomic E-state index is -0.508. The number of hydrogen-bond donors (Lipinski definition) is 1. The van der Waals surface area contributed by atoms with Gasteiger partial charge in [0.15, 0.2) is 0 Å². The van der Waals surface area contributed by atoms with E-state index in [1.165, 1.54) is 0 Å². The highest BCUT2D eigenvalue weighted by Crippen LogP contribution is 2.47. The summed E-state index contributed by atoms with van der Waals surface area (Å²) in [7, 11) is 3.50. The first kappa shape index (κ1) is 19.4. The molecule has 7 nitrogen and oxygen atoms in total. The lowest BCUT2D eigenvalue weighted by Gasteiger charge is -2.25. The zero-order valence-electron chi connectivity index (χ0n) is 16.8. The number of aromatic nitrogens is 1. The van der Waals surface area contributed by atoms with Crippen LogP contribution in [0.1, 0.15) is 17.5 Å². The predicted molar refractivity (Wildman–Crippen MR) is 110 cm³/mol. The molecule has 1 aromatic carbocycles. The van der Waals surface area contributed by atoms with Gasteiger partial charge in [0.25, 0.3) is 0 Å². The molecule has 1 saturated heterocycles. The highest BCUT2D eigenvalue weighted by Gasteiger charge is 2.51. The zero-order chi connectivity index (χ0) is 20.4. The fraction of sp³-hybridized carbons (Fsp3) is 0.409. The number of nitrogens with one attached hydrogen (secondary N) is 1. The van der Waals surface area contributed by atoms with Crippen molar-refractivity contribution in [2.24, 2.45) is 0 Å². The van der Waals surface area contributed by atoms with Crippen LogP contribution in [-0.4, -0.2) is 61.7 Å². The lowest BCUT2D eigenvalue weighted by Crippen LogP contribution is -2.43. The third-order valence-corrected chi connectivity index (χ3v) is 5.71. The molecule has 1 fully saturated rings. The summed E-state index contributed by atoms with van der Waals surface area (Å²) in [6.07, 6.45) is 4.33. The van der Waals surface area contributed by atoms with Crippen LogP contribution in [0.2, 0.25) is 0 Å². The first-order valence-corrected chi connectivity index (χ1v) is 9.87. The van der Waals surface area contributed by atoms with E-state index in [2.05, 4.69) is 10.3 Å². The number of amides is 3. The second-order valence-electron chi connectivity index (χ2n) is 7.97. The summed E-state index contributed by atoms with van der Waals surface area (Å²) in [6, 6.07) is 11.7. The van der Waals surface area contributed by atoms with Gasteiger partial charge in [0, 0.05) is 50.7 Å². The molecular weight excluding hydrogens is 368 g/mol. The van der Waals surface area contributed by atoms with E-state index >= 15 is 0 Å². The molecule has 0 unspecified atom stereocenters. The number of nitrogens with zero attached hydrogens (tertiary/aromatic N) is 3. The van der Waals surface area contributed by atoms with E-state index < -0.39 is 6.10 Å². The van der Waals surface area contributed by atoms with Gasteiger partial charge in [-0.1, -0.05) is 24.3 Å². The summed E-state index contributed by atoms with van der Waals surface area (Å²) in [6.45, 7) is 1.50. The summed E-state index contributed by atoms with van der Waals surface area (Å²) in [5.74, 6) is -0.0966. The molecule has 4 rings (SSSR count). The Morgan fingerprint density at radius 3 is 2.86 bits per heavy atom. The van der Waals surface area contributed by atoms with Gasteiger partial charge >= 0.3 is 6.03 Å². The third kappa shape index (κ3) is 3.70. The van der Waals surface area contributed by atoms with E-state index in [9.17, 15) is 9.59 Å². The molecule has 2 aliphatic rings. The van der Waals surface area contributed by atoms with E-state index in [-0.39, 0.29) is 17.4 Å². The highest BCUT2D eigenvalue weighted by atomic mass is 16.5. The van der Waals surface area contributed by atoms with Gasteiger partial charge in [0.2, 0.25) is 5.91 Å². The average Bonchev–Trinajstić information content (AvgIpc) is 3.31. The first-order valence-electron chi connectivity index (χ1n) is 9.87. The Balaban J connectivity index is 1.43. The fourth-order valence-corrected chi connectivity index (χ4v) is 4.23. The number of urea groups is 1. The molecule has 29 heavy (non-hydrogen) atoms. The number of carbonyl (C=O) groups is 2. The largest absolute Gasteiger partial charge is 0.367 e. The molecule has 2 atom stereocenters. The van der Waals surface area contributed by atoms with Gasteiger partial charge in [-0.2, -0.15) is 0 Å². The number of pyridine rings is 1. The van der Waals surface area contributed by atoms with E-state index in [0.717, 1.165) is 23.2 Å². The van der Waals surface area contributed by atoms with Crippen molar-refractivity contribution in [3.05, 3.63) is 59.9 Å². The van der Waals surface area contributed by atoms with Crippen LogP contribution in [0.25, 0.3) is 0 Å². The van der Waals surface area contributed by atoms with Crippen LogP contribution in [0.15, 0.2) is 48.8 Å². The molecule has 0 bridgehead atoms. The fourth-order valence-electron chi connectivity index (χ4n) is 4.23. The van der Waals surface area contributed by atoms with Crippen molar-refractivity contribution in [1.29, 1.82) is 0 Å². The molecule has 152 valence electrons. The van der Waals surface area contributed by atoms with Crippen LogP contribution in [0.5, 0.6) is 0 Å². The number of rotatable bonds is 4. The predicted octanol–water partition coefficient (Wildman–Crippen LogP) is 1.97. The maximum atomic E-state index is 12.7. The van der Waals surface area contributed by atoms with Gasteiger partial charge in [0.1, 0.15) is 6.10 Å². The van der Waals surface area contributed by atoms with Crippen LogP contribution >= 0.6 is 0 Å². The number of anilines is 1. The monoisotopic (exact) mass is 394 g/mol.